The van der Waals surface area contributed by atoms with Crippen LogP contribution < -0.4 is 4.31 Å². The molecule has 0 radical (unpaired) electrons. The Kier molecular flexibility index (Phi) is 6.88. The van der Waals surface area contributed by atoms with E-state index >= 15 is 0 Å². The lowest BCUT2D eigenvalue weighted by Gasteiger charge is -2.25. The molecule has 1 aromatic rings. The second kappa shape index (κ2) is 8.58. The van der Waals surface area contributed by atoms with Crippen molar-refractivity contribution >= 4 is 22.0 Å². The van der Waals surface area contributed by atoms with E-state index in [2.05, 4.69) is 4.90 Å². The molecule has 1 heterocycles. The molecule has 0 aliphatic carbocycles. The molecule has 0 fully saturated rings. The molecule has 0 N–H and O–H groups in total. The molecule has 0 spiro atoms. The normalized spacial score (nSPS) is 17.3. The average Bonchev–Trinajstić information content (AvgIpc) is 2.98. The zero-order valence-electron chi connectivity index (χ0n) is 16.8. The zero-order chi connectivity index (χ0) is 20.2. The molecular formula is C19H30N2O5S. The summed E-state index contributed by atoms with van der Waals surface area (Å²) in [4.78, 5) is 14.1. The monoisotopic (exact) mass is 398 g/mol. The van der Waals surface area contributed by atoms with Gasteiger partial charge in [0.05, 0.1) is 24.3 Å². The molecule has 0 aromatic heterocycles. The number of hydrogen-bond acceptors (Lipinski definition) is 6. The van der Waals surface area contributed by atoms with Gasteiger partial charge in [0.15, 0.2) is 0 Å². The Morgan fingerprint density at radius 1 is 1.30 bits per heavy atom. The first kappa shape index (κ1) is 21.7. The number of carbonyl (C=O) groups is 1. The number of nitrogens with zero attached hydrogens (tertiary/aromatic N) is 2. The van der Waals surface area contributed by atoms with Gasteiger partial charge in [-0.3, -0.25) is 8.98 Å². The maximum absolute atomic E-state index is 12.8. The van der Waals surface area contributed by atoms with Crippen LogP contribution >= 0.6 is 0 Å². The first-order valence-corrected chi connectivity index (χ1v) is 10.5. The van der Waals surface area contributed by atoms with Crippen LogP contribution in [0.15, 0.2) is 24.3 Å². The van der Waals surface area contributed by atoms with Crippen molar-refractivity contribution < 1.29 is 22.1 Å². The van der Waals surface area contributed by atoms with E-state index in [1.165, 1.54) is 4.31 Å². The number of esters is 1. The fourth-order valence-electron chi connectivity index (χ4n) is 3.00. The van der Waals surface area contributed by atoms with Gasteiger partial charge < -0.3 is 9.64 Å². The van der Waals surface area contributed by atoms with Gasteiger partial charge >= 0.3 is 16.3 Å². The number of hydrogen-bond donors (Lipinski definition) is 0. The van der Waals surface area contributed by atoms with Gasteiger partial charge in [0.25, 0.3) is 0 Å². The number of anilines is 1. The van der Waals surface area contributed by atoms with Crippen LogP contribution in [0, 0.1) is 5.41 Å². The predicted octanol–water partition coefficient (Wildman–Crippen LogP) is 2.39. The lowest BCUT2D eigenvalue weighted by Crippen LogP contribution is -2.37. The predicted molar refractivity (Wildman–Crippen MR) is 105 cm³/mol. The summed E-state index contributed by atoms with van der Waals surface area (Å²) in [5.74, 6) is -0.370. The third-order valence-corrected chi connectivity index (χ3v) is 5.92. The molecule has 0 bridgehead atoms. The van der Waals surface area contributed by atoms with Gasteiger partial charge in [0, 0.05) is 12.5 Å². The van der Waals surface area contributed by atoms with E-state index < -0.39 is 21.7 Å². The Morgan fingerprint density at radius 2 is 1.96 bits per heavy atom. The number of rotatable bonds is 9. The van der Waals surface area contributed by atoms with E-state index in [1.807, 2.05) is 32.3 Å². The molecular weight excluding hydrogens is 368 g/mol. The Morgan fingerprint density at radius 3 is 2.59 bits per heavy atom. The van der Waals surface area contributed by atoms with E-state index in [4.69, 9.17) is 8.92 Å². The summed E-state index contributed by atoms with van der Waals surface area (Å²) in [6.45, 7) is 6.10. The third kappa shape index (κ3) is 5.21. The van der Waals surface area contributed by atoms with Gasteiger partial charge in [0.2, 0.25) is 0 Å². The van der Waals surface area contributed by atoms with Gasteiger partial charge in [-0.2, -0.15) is 8.42 Å². The van der Waals surface area contributed by atoms with Gasteiger partial charge in [-0.15, -0.1) is 0 Å². The van der Waals surface area contributed by atoms with Crippen molar-refractivity contribution in [2.45, 2.75) is 33.1 Å². The second-order valence-corrected chi connectivity index (χ2v) is 9.23. The molecule has 2 rings (SSSR count). The van der Waals surface area contributed by atoms with E-state index in [0.717, 1.165) is 18.5 Å². The van der Waals surface area contributed by atoms with Crippen molar-refractivity contribution in [3.05, 3.63) is 29.8 Å². The molecule has 8 heteroatoms. The molecule has 1 unspecified atom stereocenters. The van der Waals surface area contributed by atoms with Gasteiger partial charge in [0.1, 0.15) is 0 Å². The summed E-state index contributed by atoms with van der Waals surface area (Å²) in [5, 5.41) is 0. The molecule has 1 atom stereocenters. The van der Waals surface area contributed by atoms with Crippen LogP contribution in [0.1, 0.15) is 38.7 Å². The summed E-state index contributed by atoms with van der Waals surface area (Å²) >= 11 is 0. The largest absolute Gasteiger partial charge is 0.466 e. The maximum atomic E-state index is 12.8. The Labute approximate surface area is 162 Å². The number of para-hydroxylation sites is 1. The first-order valence-electron chi connectivity index (χ1n) is 9.16. The number of carbonyl (C=O) groups excluding carboxylic acids is 1. The van der Waals surface area contributed by atoms with Crippen molar-refractivity contribution in [3.63, 3.8) is 0 Å². The third-order valence-electron chi connectivity index (χ3n) is 4.62. The smallest absolute Gasteiger partial charge is 0.362 e. The lowest BCUT2D eigenvalue weighted by atomic mass is 9.95. The summed E-state index contributed by atoms with van der Waals surface area (Å²) < 4.78 is 37.3. The number of benzene rings is 1. The van der Waals surface area contributed by atoms with Crippen molar-refractivity contribution in [1.82, 2.24) is 4.90 Å². The Bertz CT molecular complexity index is 761. The SMILES string of the molecule is CCOC(=O)C(C)(C)COS(=O)(=O)N1CC(CCN(C)C)c2ccccc21. The summed E-state index contributed by atoms with van der Waals surface area (Å²) in [7, 11) is -0.0226. The minimum atomic E-state index is -4.01. The second-order valence-electron chi connectivity index (χ2n) is 7.70. The van der Waals surface area contributed by atoms with Crippen LogP contribution in [0.2, 0.25) is 0 Å². The molecule has 27 heavy (non-hydrogen) atoms. The fraction of sp³-hybridized carbons (Fsp3) is 0.632. The highest BCUT2D eigenvalue weighted by Crippen LogP contribution is 2.40. The average molecular weight is 399 g/mol. The first-order chi connectivity index (χ1) is 12.6. The highest BCUT2D eigenvalue weighted by molar-refractivity contribution is 7.88. The van der Waals surface area contributed by atoms with Gasteiger partial charge in [-0.05, 0) is 59.5 Å². The minimum absolute atomic E-state index is 0.111. The van der Waals surface area contributed by atoms with Crippen LogP contribution in [0.5, 0.6) is 0 Å². The molecule has 0 saturated heterocycles. The van der Waals surface area contributed by atoms with Crippen LogP contribution in [0.25, 0.3) is 0 Å². The molecule has 7 nitrogen and oxygen atoms in total. The van der Waals surface area contributed by atoms with Crippen molar-refractivity contribution in [1.29, 1.82) is 0 Å². The molecule has 1 aromatic carbocycles. The zero-order valence-corrected chi connectivity index (χ0v) is 17.6. The van der Waals surface area contributed by atoms with Crippen molar-refractivity contribution in [3.8, 4) is 0 Å². The summed E-state index contributed by atoms with van der Waals surface area (Å²) in [5.41, 5.74) is 0.610. The Hall–Kier alpha value is -1.64. The molecule has 0 amide bonds. The topological polar surface area (TPSA) is 76.1 Å². The van der Waals surface area contributed by atoms with Gasteiger partial charge in [-0.1, -0.05) is 18.2 Å². The lowest BCUT2D eigenvalue weighted by molar-refractivity contribution is -0.154. The highest BCUT2D eigenvalue weighted by atomic mass is 32.2. The van der Waals surface area contributed by atoms with E-state index in [9.17, 15) is 13.2 Å². The highest BCUT2D eigenvalue weighted by Gasteiger charge is 2.38. The quantitative estimate of drug-likeness (QED) is 0.595. The Balaban J connectivity index is 2.15. The van der Waals surface area contributed by atoms with Crippen LogP contribution in [0.3, 0.4) is 0 Å². The molecule has 152 valence electrons. The summed E-state index contributed by atoms with van der Waals surface area (Å²) in [6, 6.07) is 7.50. The number of fused-ring (bicyclic) bond motifs is 1. The summed E-state index contributed by atoms with van der Waals surface area (Å²) in [6.07, 6.45) is 0.852. The van der Waals surface area contributed by atoms with Crippen LogP contribution in [0.4, 0.5) is 5.69 Å². The molecule has 1 aliphatic rings. The van der Waals surface area contributed by atoms with E-state index in [0.29, 0.717) is 12.2 Å². The minimum Gasteiger partial charge on any atom is -0.466 e. The van der Waals surface area contributed by atoms with E-state index in [1.54, 1.807) is 26.8 Å². The van der Waals surface area contributed by atoms with Crippen LogP contribution in [-0.4, -0.2) is 59.7 Å². The van der Waals surface area contributed by atoms with Gasteiger partial charge in [-0.25, -0.2) is 4.31 Å². The fourth-order valence-corrected chi connectivity index (χ4v) is 4.34. The van der Waals surface area contributed by atoms with Crippen molar-refractivity contribution in [2.24, 2.45) is 5.41 Å². The van der Waals surface area contributed by atoms with Crippen LogP contribution in [-0.2, 0) is 24.0 Å². The maximum Gasteiger partial charge on any atom is 0.362 e. The molecule has 0 saturated carbocycles. The van der Waals surface area contributed by atoms with Crippen molar-refractivity contribution in [2.75, 3.05) is 44.7 Å². The molecule has 1 aliphatic heterocycles. The number of ether oxygens (including phenoxy) is 1. The van der Waals surface area contributed by atoms with E-state index in [-0.39, 0.29) is 19.1 Å². The standard InChI is InChI=1S/C19H30N2O5S/c1-6-25-18(22)19(2,3)14-26-27(23,24)21-13-15(11-12-20(4)5)16-9-7-8-10-17(16)21/h7-10,15H,6,11-14H2,1-5H3.